The van der Waals surface area contributed by atoms with E-state index in [0.717, 1.165) is 6.54 Å². The van der Waals surface area contributed by atoms with Gasteiger partial charge in [-0.05, 0) is 32.0 Å². The van der Waals surface area contributed by atoms with E-state index in [-0.39, 0.29) is 0 Å². The van der Waals surface area contributed by atoms with Crippen molar-refractivity contribution in [1.29, 1.82) is 0 Å². The van der Waals surface area contributed by atoms with Gasteiger partial charge in [0, 0.05) is 0 Å². The normalized spacial score (nSPS) is 18.0. The van der Waals surface area contributed by atoms with Crippen LogP contribution >= 0.6 is 0 Å². The molecule has 0 spiro atoms. The Balaban J connectivity index is 2.18. The van der Waals surface area contributed by atoms with Crippen molar-refractivity contribution in [3.8, 4) is 11.8 Å². The molecule has 0 N–H and O–H groups in total. The van der Waals surface area contributed by atoms with Crippen LogP contribution in [0.25, 0.3) is 0 Å². The Labute approximate surface area is 62.7 Å². The molecular weight excluding hydrogens is 122 g/mol. The summed E-state index contributed by atoms with van der Waals surface area (Å²) in [6.45, 7) is 6.91. The Morgan fingerprint density at radius 1 is 1.40 bits per heavy atom. The maximum atomic E-state index is 3.53. The first-order valence-electron chi connectivity index (χ1n) is 3.75. The Morgan fingerprint density at radius 2 is 2.10 bits per heavy atom. The van der Waals surface area contributed by atoms with Crippen LogP contribution in [0.2, 0.25) is 0 Å². The average molecular weight is 135 g/mol. The fraction of sp³-hybridized carbons (Fsp3) is 0.556. The summed E-state index contributed by atoms with van der Waals surface area (Å²) in [5, 5.41) is 0. The third-order valence-corrected chi connectivity index (χ3v) is 1.71. The van der Waals surface area contributed by atoms with Crippen LogP contribution in [0.4, 0.5) is 0 Å². The van der Waals surface area contributed by atoms with Gasteiger partial charge in [0.25, 0.3) is 0 Å². The Bertz CT molecular complexity index is 155. The molecule has 0 aromatic carbocycles. The second-order valence-electron chi connectivity index (χ2n) is 2.51. The number of likely N-dealkylation sites (tertiary alicyclic amines) is 1. The van der Waals surface area contributed by atoms with E-state index in [9.17, 15) is 0 Å². The smallest absolute Gasteiger partial charge is 0.0605 e. The summed E-state index contributed by atoms with van der Waals surface area (Å²) in [6.07, 6.45) is 4.33. The van der Waals surface area contributed by atoms with Crippen molar-refractivity contribution in [1.82, 2.24) is 4.90 Å². The second kappa shape index (κ2) is 4.14. The van der Waals surface area contributed by atoms with Crippen LogP contribution in [-0.4, -0.2) is 24.5 Å². The minimum absolute atomic E-state index is 0.923. The summed E-state index contributed by atoms with van der Waals surface area (Å²) in [5.41, 5.74) is 0. The first-order chi connectivity index (χ1) is 4.93. The molecule has 0 unspecified atom stereocenters. The van der Waals surface area contributed by atoms with E-state index in [0.29, 0.717) is 0 Å². The van der Waals surface area contributed by atoms with Crippen molar-refractivity contribution in [2.24, 2.45) is 0 Å². The lowest BCUT2D eigenvalue weighted by Gasteiger charge is -2.07. The molecular formula is C9H13N. The minimum atomic E-state index is 0.923. The zero-order valence-electron chi connectivity index (χ0n) is 6.27. The SMILES string of the molecule is C=CC#CCN1CCCC1. The van der Waals surface area contributed by atoms with E-state index in [1.165, 1.54) is 25.9 Å². The first kappa shape index (κ1) is 7.37. The van der Waals surface area contributed by atoms with E-state index in [1.54, 1.807) is 6.08 Å². The summed E-state index contributed by atoms with van der Waals surface area (Å²) in [7, 11) is 0. The van der Waals surface area contributed by atoms with Crippen LogP contribution in [0.5, 0.6) is 0 Å². The zero-order valence-corrected chi connectivity index (χ0v) is 6.27. The van der Waals surface area contributed by atoms with E-state index >= 15 is 0 Å². The topological polar surface area (TPSA) is 3.24 Å². The van der Waals surface area contributed by atoms with Crippen molar-refractivity contribution in [2.75, 3.05) is 19.6 Å². The molecule has 1 heteroatoms. The summed E-state index contributed by atoms with van der Waals surface area (Å²) in [4.78, 5) is 2.37. The minimum Gasteiger partial charge on any atom is -0.292 e. The molecule has 1 nitrogen and oxygen atoms in total. The van der Waals surface area contributed by atoms with Crippen LogP contribution in [-0.2, 0) is 0 Å². The number of hydrogen-bond acceptors (Lipinski definition) is 1. The summed E-state index contributed by atoms with van der Waals surface area (Å²) in [5.74, 6) is 5.88. The monoisotopic (exact) mass is 135 g/mol. The van der Waals surface area contributed by atoms with Crippen LogP contribution in [0.1, 0.15) is 12.8 Å². The molecule has 1 saturated heterocycles. The van der Waals surface area contributed by atoms with Crippen LogP contribution in [0.15, 0.2) is 12.7 Å². The molecule has 1 aliphatic heterocycles. The first-order valence-corrected chi connectivity index (χ1v) is 3.75. The van der Waals surface area contributed by atoms with Gasteiger partial charge in [-0.3, -0.25) is 4.90 Å². The molecule has 0 aromatic heterocycles. The van der Waals surface area contributed by atoms with Gasteiger partial charge < -0.3 is 0 Å². The van der Waals surface area contributed by atoms with Crippen LogP contribution in [0, 0.1) is 11.8 Å². The molecule has 0 amide bonds. The summed E-state index contributed by atoms with van der Waals surface area (Å²) >= 11 is 0. The number of rotatable bonds is 1. The molecule has 0 aliphatic carbocycles. The van der Waals surface area contributed by atoms with Gasteiger partial charge in [0.1, 0.15) is 0 Å². The van der Waals surface area contributed by atoms with Gasteiger partial charge in [-0.25, -0.2) is 0 Å². The Morgan fingerprint density at radius 3 is 2.70 bits per heavy atom. The lowest BCUT2D eigenvalue weighted by Crippen LogP contribution is -2.18. The fourth-order valence-corrected chi connectivity index (χ4v) is 1.17. The predicted molar refractivity (Wildman–Crippen MR) is 43.6 cm³/mol. The predicted octanol–water partition coefficient (Wildman–Crippen LogP) is 1.27. The molecule has 10 heavy (non-hydrogen) atoms. The third kappa shape index (κ3) is 2.24. The van der Waals surface area contributed by atoms with Gasteiger partial charge in [-0.1, -0.05) is 18.4 Å². The molecule has 0 radical (unpaired) electrons. The van der Waals surface area contributed by atoms with Crippen LogP contribution in [0.3, 0.4) is 0 Å². The molecule has 0 bridgehead atoms. The second-order valence-corrected chi connectivity index (χ2v) is 2.51. The Kier molecular flexibility index (Phi) is 3.05. The van der Waals surface area contributed by atoms with Gasteiger partial charge in [0.15, 0.2) is 0 Å². The molecule has 1 aliphatic rings. The maximum Gasteiger partial charge on any atom is 0.0605 e. The van der Waals surface area contributed by atoms with E-state index in [1.807, 2.05) is 0 Å². The lowest BCUT2D eigenvalue weighted by molar-refractivity contribution is 0.383. The molecule has 1 rings (SSSR count). The highest BCUT2D eigenvalue weighted by Gasteiger charge is 2.08. The van der Waals surface area contributed by atoms with Crippen molar-refractivity contribution in [2.45, 2.75) is 12.8 Å². The van der Waals surface area contributed by atoms with Gasteiger partial charge >= 0.3 is 0 Å². The average Bonchev–Trinajstić information content (AvgIpc) is 2.41. The third-order valence-electron chi connectivity index (χ3n) is 1.71. The van der Waals surface area contributed by atoms with Gasteiger partial charge in [0.2, 0.25) is 0 Å². The molecule has 54 valence electrons. The fourth-order valence-electron chi connectivity index (χ4n) is 1.17. The standard InChI is InChI=1S/C9H13N/c1-2-3-4-7-10-8-5-6-9-10/h2H,1,5-9H2. The van der Waals surface area contributed by atoms with Crippen molar-refractivity contribution >= 4 is 0 Å². The largest absolute Gasteiger partial charge is 0.292 e. The van der Waals surface area contributed by atoms with Crippen molar-refractivity contribution < 1.29 is 0 Å². The Hall–Kier alpha value is -0.740. The number of nitrogens with zero attached hydrogens (tertiary/aromatic N) is 1. The number of hydrogen-bond donors (Lipinski definition) is 0. The van der Waals surface area contributed by atoms with E-state index < -0.39 is 0 Å². The maximum absolute atomic E-state index is 3.53. The van der Waals surface area contributed by atoms with Gasteiger partial charge in [0.05, 0.1) is 6.54 Å². The number of allylic oxidation sites excluding steroid dienone is 1. The highest BCUT2D eigenvalue weighted by Crippen LogP contribution is 2.05. The van der Waals surface area contributed by atoms with Crippen molar-refractivity contribution in [3.63, 3.8) is 0 Å². The van der Waals surface area contributed by atoms with E-state index in [2.05, 4.69) is 23.3 Å². The molecule has 0 atom stereocenters. The lowest BCUT2D eigenvalue weighted by atomic mass is 10.4. The highest BCUT2D eigenvalue weighted by atomic mass is 15.1. The molecule has 1 heterocycles. The van der Waals surface area contributed by atoms with Crippen molar-refractivity contribution in [3.05, 3.63) is 12.7 Å². The van der Waals surface area contributed by atoms with E-state index in [4.69, 9.17) is 0 Å². The zero-order chi connectivity index (χ0) is 7.23. The van der Waals surface area contributed by atoms with Crippen LogP contribution < -0.4 is 0 Å². The van der Waals surface area contributed by atoms with Gasteiger partial charge in [-0.2, -0.15) is 0 Å². The summed E-state index contributed by atoms with van der Waals surface area (Å²) in [6, 6.07) is 0. The van der Waals surface area contributed by atoms with Gasteiger partial charge in [-0.15, -0.1) is 0 Å². The molecule has 0 aromatic rings. The highest BCUT2D eigenvalue weighted by molar-refractivity contribution is 5.13. The summed E-state index contributed by atoms with van der Waals surface area (Å²) < 4.78 is 0. The molecule has 0 saturated carbocycles. The quantitative estimate of drug-likeness (QED) is 0.489. The molecule has 1 fully saturated rings.